The van der Waals surface area contributed by atoms with Crippen LogP contribution in [-0.4, -0.2) is 65.3 Å². The molecule has 4 saturated carbocycles. The smallest absolute Gasteiger partial charge is 0.167 e. The highest BCUT2D eigenvalue weighted by molar-refractivity contribution is 5.83. The summed E-state index contributed by atoms with van der Waals surface area (Å²) < 4.78 is 7.25. The molecule has 0 spiro atoms. The van der Waals surface area contributed by atoms with Crippen molar-refractivity contribution in [2.75, 3.05) is 11.9 Å². The number of hydrogen-bond donors (Lipinski definition) is 4. The summed E-state index contributed by atoms with van der Waals surface area (Å²) in [6, 6.07) is 0. The summed E-state index contributed by atoms with van der Waals surface area (Å²) in [4.78, 5) is 13.3. The van der Waals surface area contributed by atoms with E-state index in [1.807, 2.05) is 0 Å². The van der Waals surface area contributed by atoms with Crippen LogP contribution in [0.15, 0.2) is 12.7 Å². The lowest BCUT2D eigenvalue weighted by Gasteiger charge is -2.34. The van der Waals surface area contributed by atoms with Crippen LogP contribution >= 0.6 is 0 Å². The van der Waals surface area contributed by atoms with Crippen LogP contribution in [0.3, 0.4) is 0 Å². The van der Waals surface area contributed by atoms with Crippen LogP contribution in [0.5, 0.6) is 0 Å². The Balaban J connectivity index is 1.35. The van der Waals surface area contributed by atoms with Gasteiger partial charge in [0.25, 0.3) is 0 Å². The van der Waals surface area contributed by atoms with Crippen molar-refractivity contribution < 1.29 is 20.1 Å². The quantitative estimate of drug-likeness (QED) is 0.595. The fourth-order valence-electron chi connectivity index (χ4n) is 6.48. The Hall–Kier alpha value is -1.81. The fourth-order valence-corrected chi connectivity index (χ4v) is 6.48. The van der Waals surface area contributed by atoms with Crippen molar-refractivity contribution in [3.63, 3.8) is 0 Å². The molecule has 9 heteroatoms. The number of fused-ring (bicyclic) bond motifs is 1. The van der Waals surface area contributed by atoms with Gasteiger partial charge in [0.2, 0.25) is 0 Å². The van der Waals surface area contributed by atoms with Gasteiger partial charge in [0.1, 0.15) is 24.6 Å². The van der Waals surface area contributed by atoms with Crippen LogP contribution in [0.1, 0.15) is 38.3 Å². The SMILES string of the molecule is OC[C@H]1O[C@@H](n2cnc3c(NC45C[C@@H]6CC4C[C@@H](C6)C5)ncnc32)[C@H](O)[C@@H]1O. The molecule has 2 aromatic rings. The van der Waals surface area contributed by atoms with E-state index in [2.05, 4.69) is 20.3 Å². The van der Waals surface area contributed by atoms with E-state index in [0.29, 0.717) is 17.1 Å². The Labute approximate surface area is 161 Å². The third kappa shape index (κ3) is 2.24. The van der Waals surface area contributed by atoms with Gasteiger partial charge in [0, 0.05) is 5.54 Å². The normalized spacial score (nSPS) is 44.0. The Kier molecular flexibility index (Phi) is 3.57. The molecule has 4 N–H and O–H groups in total. The summed E-state index contributed by atoms with van der Waals surface area (Å²) in [6.07, 6.45) is 5.46. The molecule has 1 aliphatic heterocycles. The number of aromatic nitrogens is 4. The second-order valence-electron chi connectivity index (χ2n) is 9.10. The summed E-state index contributed by atoms with van der Waals surface area (Å²) in [5.74, 6) is 3.10. The van der Waals surface area contributed by atoms with E-state index in [-0.39, 0.29) is 12.1 Å². The van der Waals surface area contributed by atoms with Gasteiger partial charge in [0.05, 0.1) is 12.9 Å². The predicted molar refractivity (Wildman–Crippen MR) is 98.2 cm³/mol. The van der Waals surface area contributed by atoms with Crippen molar-refractivity contribution in [2.24, 2.45) is 17.8 Å². The van der Waals surface area contributed by atoms with Gasteiger partial charge in [-0.1, -0.05) is 0 Å². The maximum absolute atomic E-state index is 10.4. The number of imidazole rings is 1. The largest absolute Gasteiger partial charge is 0.394 e. The Morgan fingerprint density at radius 2 is 1.89 bits per heavy atom. The van der Waals surface area contributed by atoms with Crippen molar-refractivity contribution in [3.8, 4) is 0 Å². The topological polar surface area (TPSA) is 126 Å². The minimum atomic E-state index is -1.17. The molecule has 7 rings (SSSR count). The average molecular weight is 387 g/mol. The average Bonchev–Trinajstić information content (AvgIpc) is 3.36. The van der Waals surface area contributed by atoms with Crippen LogP contribution in [0.2, 0.25) is 0 Å². The first-order valence-corrected chi connectivity index (χ1v) is 10.2. The molecular formula is C19H25N5O4. The molecule has 4 bridgehead atoms. The number of nitrogens with one attached hydrogen (secondary N) is 1. The van der Waals surface area contributed by atoms with E-state index < -0.39 is 24.5 Å². The third-order valence-corrected chi connectivity index (χ3v) is 7.51. The zero-order valence-electron chi connectivity index (χ0n) is 15.5. The number of rotatable bonds is 4. The summed E-state index contributed by atoms with van der Waals surface area (Å²) >= 11 is 0. The standard InChI is InChI=1S/C19H25N5O4/c25-6-12-14(26)15(27)18(28-12)24-8-22-13-16(20-7-21-17(13)24)23-19-4-9-1-10(5-19)3-11(19)2-9/h7-12,14-15,18,25-27H,1-6H2,(H,20,21,23)/t9-,10+,11?,12-,14-,15-,18-,19?/m1/s1. The van der Waals surface area contributed by atoms with Crippen LogP contribution in [0.25, 0.3) is 11.2 Å². The van der Waals surface area contributed by atoms with Gasteiger partial charge in [0.15, 0.2) is 23.2 Å². The van der Waals surface area contributed by atoms with Crippen molar-refractivity contribution in [2.45, 2.75) is 62.2 Å². The fraction of sp³-hybridized carbons (Fsp3) is 0.737. The number of aliphatic hydroxyl groups is 3. The van der Waals surface area contributed by atoms with Gasteiger partial charge in [-0.2, -0.15) is 0 Å². The maximum atomic E-state index is 10.4. The number of anilines is 1. The molecule has 3 heterocycles. The molecule has 1 saturated heterocycles. The first kappa shape index (κ1) is 17.1. The lowest BCUT2D eigenvalue weighted by molar-refractivity contribution is -0.0511. The molecule has 150 valence electrons. The molecule has 28 heavy (non-hydrogen) atoms. The van der Waals surface area contributed by atoms with Gasteiger partial charge in [-0.25, -0.2) is 15.0 Å². The molecule has 9 nitrogen and oxygen atoms in total. The van der Waals surface area contributed by atoms with Gasteiger partial charge < -0.3 is 25.4 Å². The van der Waals surface area contributed by atoms with Crippen molar-refractivity contribution >= 4 is 17.0 Å². The second-order valence-corrected chi connectivity index (χ2v) is 9.10. The van der Waals surface area contributed by atoms with Crippen molar-refractivity contribution in [1.82, 2.24) is 19.5 Å². The van der Waals surface area contributed by atoms with Gasteiger partial charge in [-0.15, -0.1) is 0 Å². The third-order valence-electron chi connectivity index (χ3n) is 7.51. The molecule has 2 unspecified atom stereocenters. The second kappa shape index (κ2) is 5.85. The zero-order chi connectivity index (χ0) is 19.0. The molecule has 0 amide bonds. The first-order valence-electron chi connectivity index (χ1n) is 10.2. The van der Waals surface area contributed by atoms with Gasteiger partial charge in [-0.05, 0) is 49.9 Å². The number of ether oxygens (including phenoxy) is 1. The van der Waals surface area contributed by atoms with Crippen molar-refractivity contribution in [3.05, 3.63) is 12.7 Å². The number of nitrogens with zero attached hydrogens (tertiary/aromatic N) is 4. The highest BCUT2D eigenvalue weighted by atomic mass is 16.6. The molecule has 4 aliphatic carbocycles. The number of hydrogen-bond acceptors (Lipinski definition) is 8. The lowest BCUT2D eigenvalue weighted by atomic mass is 9.80. The van der Waals surface area contributed by atoms with Gasteiger partial charge >= 0.3 is 0 Å². The van der Waals surface area contributed by atoms with Crippen molar-refractivity contribution in [1.29, 1.82) is 0 Å². The minimum absolute atomic E-state index is 0.125. The molecule has 0 aromatic carbocycles. The summed E-state index contributed by atoms with van der Waals surface area (Å²) in [5.41, 5.74) is 1.31. The molecule has 5 fully saturated rings. The molecule has 5 aliphatic rings. The molecular weight excluding hydrogens is 362 g/mol. The van der Waals surface area contributed by atoms with E-state index in [4.69, 9.17) is 4.74 Å². The Morgan fingerprint density at radius 1 is 1.11 bits per heavy atom. The van der Waals surface area contributed by atoms with E-state index in [1.54, 1.807) is 10.9 Å². The predicted octanol–water partition coefficient (Wildman–Crippen LogP) is 0.428. The Bertz CT molecular complexity index is 905. The minimum Gasteiger partial charge on any atom is -0.394 e. The molecule has 2 aromatic heterocycles. The lowest BCUT2D eigenvalue weighted by Crippen LogP contribution is -2.39. The van der Waals surface area contributed by atoms with E-state index in [1.165, 1.54) is 38.4 Å². The first-order chi connectivity index (χ1) is 13.6. The van der Waals surface area contributed by atoms with E-state index in [9.17, 15) is 15.3 Å². The zero-order valence-corrected chi connectivity index (χ0v) is 15.5. The highest BCUT2D eigenvalue weighted by Crippen LogP contribution is 2.61. The molecule has 0 radical (unpaired) electrons. The van der Waals surface area contributed by atoms with E-state index >= 15 is 0 Å². The molecule has 8 atom stereocenters. The van der Waals surface area contributed by atoms with E-state index in [0.717, 1.165) is 17.7 Å². The summed E-state index contributed by atoms with van der Waals surface area (Å²) in [7, 11) is 0. The van der Waals surface area contributed by atoms with Crippen LogP contribution in [0.4, 0.5) is 5.82 Å². The number of aliphatic hydroxyl groups excluding tert-OH is 3. The van der Waals surface area contributed by atoms with Crippen LogP contribution < -0.4 is 5.32 Å². The summed E-state index contributed by atoms with van der Waals surface area (Å²) in [5, 5.41) is 33.5. The van der Waals surface area contributed by atoms with Gasteiger partial charge in [-0.3, -0.25) is 4.57 Å². The van der Waals surface area contributed by atoms with Crippen LogP contribution in [0, 0.1) is 17.8 Å². The monoisotopic (exact) mass is 387 g/mol. The van der Waals surface area contributed by atoms with Crippen LogP contribution in [-0.2, 0) is 4.74 Å². The Morgan fingerprint density at radius 3 is 2.61 bits per heavy atom. The maximum Gasteiger partial charge on any atom is 0.167 e. The summed E-state index contributed by atoms with van der Waals surface area (Å²) in [6.45, 7) is -0.366. The highest BCUT2D eigenvalue weighted by Gasteiger charge is 2.58.